The number of amides is 1. The first-order valence-corrected chi connectivity index (χ1v) is 9.33. The minimum atomic E-state index is -1.61. The van der Waals surface area contributed by atoms with E-state index in [0.717, 1.165) is 31.6 Å². The first-order chi connectivity index (χ1) is 12.9. The van der Waals surface area contributed by atoms with E-state index >= 15 is 0 Å². The molecule has 1 saturated carbocycles. The molecule has 1 spiro atoms. The van der Waals surface area contributed by atoms with Crippen molar-refractivity contribution in [2.75, 3.05) is 32.0 Å². The van der Waals surface area contributed by atoms with Crippen LogP contribution >= 0.6 is 24.0 Å². The Labute approximate surface area is 180 Å². The van der Waals surface area contributed by atoms with Gasteiger partial charge in [0.05, 0.1) is 12.2 Å². The van der Waals surface area contributed by atoms with E-state index in [9.17, 15) is 18.0 Å². The molecule has 0 unspecified atom stereocenters. The van der Waals surface area contributed by atoms with Gasteiger partial charge in [-0.1, -0.05) is 19.3 Å². The Morgan fingerprint density at radius 2 is 1.86 bits per heavy atom. The molecule has 0 bridgehead atoms. The fraction of sp³-hybridized carbons (Fsp3) is 0.579. The van der Waals surface area contributed by atoms with Gasteiger partial charge in [0.2, 0.25) is 5.91 Å². The Bertz CT molecular complexity index is 738. The Morgan fingerprint density at radius 1 is 1.14 bits per heavy atom. The largest absolute Gasteiger partial charge is 0.347 e. The summed E-state index contributed by atoms with van der Waals surface area (Å²) >= 11 is 0. The van der Waals surface area contributed by atoms with E-state index in [0.29, 0.717) is 11.4 Å². The van der Waals surface area contributed by atoms with Crippen LogP contribution < -0.4 is 10.6 Å². The Balaban J connectivity index is 0.00000280. The first-order valence-electron chi connectivity index (χ1n) is 9.33. The van der Waals surface area contributed by atoms with Crippen LogP contribution in [-0.4, -0.2) is 43.4 Å². The van der Waals surface area contributed by atoms with Crippen molar-refractivity contribution in [1.82, 2.24) is 10.2 Å². The lowest BCUT2D eigenvalue weighted by atomic mass is 9.73. The molecule has 2 N–H and O–H groups in total. The van der Waals surface area contributed by atoms with Crippen molar-refractivity contribution < 1.29 is 18.0 Å². The zero-order valence-corrected chi connectivity index (χ0v) is 18.2. The highest BCUT2D eigenvalue weighted by atomic mass is 127. The van der Waals surface area contributed by atoms with Crippen molar-refractivity contribution in [2.24, 2.45) is 10.4 Å². The van der Waals surface area contributed by atoms with Crippen LogP contribution in [0.5, 0.6) is 0 Å². The van der Waals surface area contributed by atoms with E-state index in [2.05, 4.69) is 20.5 Å². The fourth-order valence-corrected chi connectivity index (χ4v) is 4.13. The molecule has 1 saturated heterocycles. The number of anilines is 1. The van der Waals surface area contributed by atoms with E-state index in [1.807, 2.05) is 0 Å². The number of hydrogen-bond acceptors (Lipinski definition) is 2. The van der Waals surface area contributed by atoms with Gasteiger partial charge in [-0.3, -0.25) is 9.79 Å². The number of nitrogens with zero attached hydrogens (tertiary/aromatic N) is 2. The van der Waals surface area contributed by atoms with Crippen LogP contribution in [0.15, 0.2) is 17.1 Å². The minimum absolute atomic E-state index is 0. The van der Waals surface area contributed by atoms with Gasteiger partial charge in [0, 0.05) is 20.1 Å². The van der Waals surface area contributed by atoms with Crippen LogP contribution in [0.4, 0.5) is 18.9 Å². The summed E-state index contributed by atoms with van der Waals surface area (Å²) in [6.07, 6.45) is 7.42. The summed E-state index contributed by atoms with van der Waals surface area (Å²) in [6.45, 7) is 1.67. The van der Waals surface area contributed by atoms with Crippen molar-refractivity contribution >= 4 is 41.5 Å². The molecule has 9 heteroatoms. The maximum Gasteiger partial charge on any atom is 0.243 e. The second-order valence-electron chi connectivity index (χ2n) is 7.40. The molecule has 2 aliphatic rings. The predicted molar refractivity (Wildman–Crippen MR) is 113 cm³/mol. The molecule has 0 aromatic heterocycles. The normalized spacial score (nSPS) is 18.7. The summed E-state index contributed by atoms with van der Waals surface area (Å²) < 4.78 is 39.9. The van der Waals surface area contributed by atoms with Gasteiger partial charge in [-0.05, 0) is 36.8 Å². The highest BCUT2D eigenvalue weighted by molar-refractivity contribution is 14.0. The molecule has 2 fully saturated rings. The molecule has 28 heavy (non-hydrogen) atoms. The summed E-state index contributed by atoms with van der Waals surface area (Å²) in [6, 6.07) is 1.77. The number of halogens is 4. The van der Waals surface area contributed by atoms with E-state index in [1.165, 1.54) is 32.1 Å². The number of hydrogen-bond donors (Lipinski definition) is 2. The summed E-state index contributed by atoms with van der Waals surface area (Å²) in [5.74, 6) is -4.25. The summed E-state index contributed by atoms with van der Waals surface area (Å²) in [5, 5.41) is 5.22. The number of carbonyl (C=O) groups excluding carboxylic acids is 1. The molecular weight excluding hydrogens is 484 g/mol. The van der Waals surface area contributed by atoms with Crippen molar-refractivity contribution in [2.45, 2.75) is 38.5 Å². The van der Waals surface area contributed by atoms with E-state index in [1.54, 1.807) is 7.05 Å². The predicted octanol–water partition coefficient (Wildman–Crippen LogP) is 3.89. The molecule has 1 aliphatic heterocycles. The van der Waals surface area contributed by atoms with E-state index in [4.69, 9.17) is 0 Å². The third-order valence-electron chi connectivity index (χ3n) is 5.58. The smallest absolute Gasteiger partial charge is 0.243 e. The zero-order chi connectivity index (χ0) is 19.4. The molecule has 1 amide bonds. The quantitative estimate of drug-likeness (QED) is 0.281. The van der Waals surface area contributed by atoms with Gasteiger partial charge in [-0.15, -0.1) is 24.0 Å². The molecule has 1 aromatic rings. The third kappa shape index (κ3) is 5.09. The minimum Gasteiger partial charge on any atom is -0.347 e. The number of aliphatic imine (C=N–C) groups is 1. The van der Waals surface area contributed by atoms with Crippen molar-refractivity contribution in [3.05, 3.63) is 29.6 Å². The lowest BCUT2D eigenvalue weighted by molar-refractivity contribution is -0.115. The van der Waals surface area contributed by atoms with E-state index in [-0.39, 0.29) is 30.5 Å². The van der Waals surface area contributed by atoms with Gasteiger partial charge in [0.25, 0.3) is 0 Å². The lowest BCUT2D eigenvalue weighted by Gasteiger charge is -2.33. The fourth-order valence-electron chi connectivity index (χ4n) is 4.13. The molecule has 156 valence electrons. The Hall–Kier alpha value is -1.52. The maximum absolute atomic E-state index is 13.7. The SMILES string of the molecule is CN=C(NCC(=O)Nc1ccc(F)c(F)c1F)N1CCC2(CCCCC2)C1.I. The molecule has 1 aromatic carbocycles. The van der Waals surface area contributed by atoms with Crippen LogP contribution in [-0.2, 0) is 4.79 Å². The molecular formula is C19H26F3IN4O. The van der Waals surface area contributed by atoms with Gasteiger partial charge < -0.3 is 15.5 Å². The number of carbonyl (C=O) groups is 1. The standard InChI is InChI=1S/C19H25F3N4O.HI/c1-23-18(26-10-9-19(12-26)7-3-2-4-8-19)24-11-15(27)25-14-6-5-13(20)16(21)17(14)22;/h5-6H,2-4,7-12H2,1H3,(H,23,24)(H,25,27);1H. The van der Waals surface area contributed by atoms with Crippen molar-refractivity contribution in [3.8, 4) is 0 Å². The number of guanidine groups is 1. The molecule has 0 radical (unpaired) electrons. The van der Waals surface area contributed by atoms with Crippen LogP contribution in [0.1, 0.15) is 38.5 Å². The van der Waals surface area contributed by atoms with Gasteiger partial charge in [-0.25, -0.2) is 13.2 Å². The third-order valence-corrected chi connectivity index (χ3v) is 5.58. The molecule has 1 heterocycles. The van der Waals surface area contributed by atoms with Gasteiger partial charge in [-0.2, -0.15) is 0 Å². The Morgan fingerprint density at radius 3 is 2.54 bits per heavy atom. The maximum atomic E-state index is 13.7. The second kappa shape index (κ2) is 9.80. The molecule has 1 aliphatic carbocycles. The van der Waals surface area contributed by atoms with Crippen LogP contribution in [0, 0.1) is 22.9 Å². The average Bonchev–Trinajstić information content (AvgIpc) is 3.06. The van der Waals surface area contributed by atoms with Gasteiger partial charge in [0.1, 0.15) is 0 Å². The number of nitrogens with one attached hydrogen (secondary N) is 2. The van der Waals surface area contributed by atoms with Crippen LogP contribution in [0.25, 0.3) is 0 Å². The first kappa shape index (κ1) is 22.8. The topological polar surface area (TPSA) is 56.7 Å². The van der Waals surface area contributed by atoms with Gasteiger partial charge in [0.15, 0.2) is 23.4 Å². The van der Waals surface area contributed by atoms with Crippen molar-refractivity contribution in [3.63, 3.8) is 0 Å². The highest BCUT2D eigenvalue weighted by Gasteiger charge is 2.39. The summed E-state index contributed by atoms with van der Waals surface area (Å²) in [7, 11) is 1.65. The zero-order valence-electron chi connectivity index (χ0n) is 15.9. The monoisotopic (exact) mass is 510 g/mol. The summed E-state index contributed by atoms with van der Waals surface area (Å²) in [5.41, 5.74) is -0.0367. The van der Waals surface area contributed by atoms with Crippen LogP contribution in [0.2, 0.25) is 0 Å². The Kier molecular flexibility index (Phi) is 7.97. The molecule has 5 nitrogen and oxygen atoms in total. The number of benzene rings is 1. The second-order valence-corrected chi connectivity index (χ2v) is 7.40. The summed E-state index contributed by atoms with van der Waals surface area (Å²) in [4.78, 5) is 18.4. The van der Waals surface area contributed by atoms with Gasteiger partial charge >= 0.3 is 0 Å². The highest BCUT2D eigenvalue weighted by Crippen LogP contribution is 2.43. The number of rotatable bonds is 3. The molecule has 0 atom stereocenters. The van der Waals surface area contributed by atoms with Crippen LogP contribution in [0.3, 0.4) is 0 Å². The number of likely N-dealkylation sites (tertiary alicyclic amines) is 1. The lowest BCUT2D eigenvalue weighted by Crippen LogP contribution is -2.44. The van der Waals surface area contributed by atoms with Crippen molar-refractivity contribution in [1.29, 1.82) is 0 Å². The van der Waals surface area contributed by atoms with E-state index < -0.39 is 29.0 Å². The molecule has 3 rings (SSSR count). The average molecular weight is 510 g/mol.